The van der Waals surface area contributed by atoms with Gasteiger partial charge in [-0.15, -0.1) is 11.8 Å². The molecule has 0 amide bonds. The summed E-state index contributed by atoms with van der Waals surface area (Å²) in [6.07, 6.45) is 0.679. The van der Waals surface area contributed by atoms with E-state index in [0.29, 0.717) is 13.0 Å². The monoisotopic (exact) mass is 198 g/mol. The van der Waals surface area contributed by atoms with Crippen molar-refractivity contribution >= 4 is 11.8 Å². The third-order valence-corrected chi connectivity index (χ3v) is 3.28. The van der Waals surface area contributed by atoms with E-state index in [1.807, 2.05) is 6.92 Å². The number of aromatic nitrogens is 2. The highest BCUT2D eigenvalue weighted by molar-refractivity contribution is 7.99. The molecular formula is C8H10N2O2S. The lowest BCUT2D eigenvalue weighted by atomic mass is 10.2. The number of H-pyrrole nitrogens is 1. The molecule has 5 heteroatoms. The molecule has 0 saturated heterocycles. The Morgan fingerprint density at radius 1 is 1.54 bits per heavy atom. The van der Waals surface area contributed by atoms with Gasteiger partial charge in [-0.05, 0) is 6.42 Å². The fourth-order valence-corrected chi connectivity index (χ4v) is 2.71. The van der Waals surface area contributed by atoms with E-state index in [-0.39, 0.29) is 11.2 Å². The number of nitrogens with zero attached hydrogens (tertiary/aromatic N) is 1. The first-order valence-corrected chi connectivity index (χ1v) is 5.21. The van der Waals surface area contributed by atoms with Crippen molar-refractivity contribution < 1.29 is 0 Å². The van der Waals surface area contributed by atoms with Crippen LogP contribution in [0.5, 0.6) is 0 Å². The van der Waals surface area contributed by atoms with Gasteiger partial charge in [0.2, 0.25) is 0 Å². The molecule has 0 aromatic carbocycles. The fraction of sp³-hybridized carbons (Fsp3) is 0.500. The molecule has 0 spiro atoms. The average Bonchev–Trinajstić information content (AvgIpc) is 2.53. The lowest BCUT2D eigenvalue weighted by Gasteiger charge is -2.04. The minimum atomic E-state index is -0.276. The molecular weight excluding hydrogens is 188 g/mol. The summed E-state index contributed by atoms with van der Waals surface area (Å²) in [5.41, 5.74) is 0.234. The first-order chi connectivity index (χ1) is 6.24. The third-order valence-electron chi connectivity index (χ3n) is 2.15. The van der Waals surface area contributed by atoms with Crippen molar-refractivity contribution in [1.29, 1.82) is 0 Å². The summed E-state index contributed by atoms with van der Waals surface area (Å²) in [7, 11) is 0. The maximum absolute atomic E-state index is 11.3. The van der Waals surface area contributed by atoms with Gasteiger partial charge in [-0.1, -0.05) is 6.92 Å². The fourth-order valence-electron chi connectivity index (χ4n) is 1.51. The van der Waals surface area contributed by atoms with Gasteiger partial charge in [0, 0.05) is 17.9 Å². The molecule has 2 rings (SSSR count). The average molecular weight is 198 g/mol. The highest BCUT2D eigenvalue weighted by Crippen LogP contribution is 2.24. The Balaban J connectivity index is 2.80. The Kier molecular flexibility index (Phi) is 2.03. The second kappa shape index (κ2) is 3.06. The standard InChI is InChI=1S/C8H10N2O2S/c1-2-5-6(11)9-8(12)10-3-4-13-7(5)10/h2-4H2,1H3,(H,9,11,12). The second-order valence-corrected chi connectivity index (χ2v) is 3.98. The Morgan fingerprint density at radius 3 is 3.00 bits per heavy atom. The maximum Gasteiger partial charge on any atom is 0.329 e. The van der Waals surface area contributed by atoms with Crippen LogP contribution in [0, 0.1) is 0 Å². The number of fused-ring (bicyclic) bond motifs is 1. The lowest BCUT2D eigenvalue weighted by Crippen LogP contribution is -2.31. The van der Waals surface area contributed by atoms with E-state index in [9.17, 15) is 9.59 Å². The van der Waals surface area contributed by atoms with E-state index < -0.39 is 0 Å². The summed E-state index contributed by atoms with van der Waals surface area (Å²) in [5.74, 6) is 0.888. The van der Waals surface area contributed by atoms with E-state index in [0.717, 1.165) is 16.3 Å². The Hall–Kier alpha value is -0.970. The topological polar surface area (TPSA) is 54.9 Å². The van der Waals surface area contributed by atoms with Gasteiger partial charge in [-0.3, -0.25) is 14.3 Å². The third kappa shape index (κ3) is 1.23. The van der Waals surface area contributed by atoms with Crippen LogP contribution < -0.4 is 11.2 Å². The molecule has 4 nitrogen and oxygen atoms in total. The molecule has 0 saturated carbocycles. The van der Waals surface area contributed by atoms with Gasteiger partial charge in [-0.25, -0.2) is 4.79 Å². The minimum absolute atomic E-state index is 0.229. The summed E-state index contributed by atoms with van der Waals surface area (Å²) in [6.45, 7) is 2.64. The molecule has 0 unspecified atom stereocenters. The molecule has 1 aliphatic rings. The van der Waals surface area contributed by atoms with Crippen LogP contribution in [0.15, 0.2) is 14.6 Å². The SMILES string of the molecule is CCc1c2n(c(=O)[nH]c1=O)CCS2. The number of rotatable bonds is 1. The van der Waals surface area contributed by atoms with Gasteiger partial charge < -0.3 is 0 Å². The number of aromatic amines is 1. The second-order valence-electron chi connectivity index (χ2n) is 2.90. The van der Waals surface area contributed by atoms with E-state index in [1.54, 1.807) is 16.3 Å². The van der Waals surface area contributed by atoms with Crippen molar-refractivity contribution in [2.75, 3.05) is 5.75 Å². The predicted octanol–water partition coefficient (Wildman–Crippen LogP) is 0.205. The zero-order valence-electron chi connectivity index (χ0n) is 7.29. The van der Waals surface area contributed by atoms with Crippen LogP contribution in [-0.2, 0) is 13.0 Å². The van der Waals surface area contributed by atoms with E-state index in [4.69, 9.17) is 0 Å². The van der Waals surface area contributed by atoms with Gasteiger partial charge in [0.1, 0.15) is 0 Å². The van der Waals surface area contributed by atoms with Crippen molar-refractivity contribution in [3.63, 3.8) is 0 Å². The number of thioether (sulfide) groups is 1. The first kappa shape index (κ1) is 8.62. The van der Waals surface area contributed by atoms with Gasteiger partial charge in [-0.2, -0.15) is 0 Å². The lowest BCUT2D eigenvalue weighted by molar-refractivity contribution is 0.642. The largest absolute Gasteiger partial charge is 0.329 e. The highest BCUT2D eigenvalue weighted by Gasteiger charge is 2.18. The summed E-state index contributed by atoms with van der Waals surface area (Å²) in [6, 6.07) is 0. The molecule has 2 heterocycles. The maximum atomic E-state index is 11.3. The summed E-state index contributed by atoms with van der Waals surface area (Å²) in [4.78, 5) is 25.0. The number of hydrogen-bond donors (Lipinski definition) is 1. The zero-order valence-corrected chi connectivity index (χ0v) is 8.11. The van der Waals surface area contributed by atoms with Crippen LogP contribution >= 0.6 is 11.8 Å². The van der Waals surface area contributed by atoms with Gasteiger partial charge >= 0.3 is 5.69 Å². The quantitative estimate of drug-likeness (QED) is 0.656. The molecule has 1 N–H and O–H groups in total. The smallest absolute Gasteiger partial charge is 0.287 e. The number of nitrogens with one attached hydrogen (secondary N) is 1. The summed E-state index contributed by atoms with van der Waals surface area (Å²) >= 11 is 1.59. The van der Waals surface area contributed by atoms with E-state index >= 15 is 0 Å². The van der Waals surface area contributed by atoms with Gasteiger partial charge in [0.25, 0.3) is 5.56 Å². The first-order valence-electron chi connectivity index (χ1n) is 4.23. The molecule has 70 valence electrons. The molecule has 1 aromatic rings. The minimum Gasteiger partial charge on any atom is -0.287 e. The van der Waals surface area contributed by atoms with Crippen molar-refractivity contribution in [3.05, 3.63) is 26.4 Å². The summed E-state index contributed by atoms with van der Waals surface area (Å²) < 4.78 is 1.64. The van der Waals surface area contributed by atoms with Crippen molar-refractivity contribution in [2.45, 2.75) is 24.9 Å². The van der Waals surface area contributed by atoms with Crippen molar-refractivity contribution in [3.8, 4) is 0 Å². The van der Waals surface area contributed by atoms with Crippen LogP contribution in [0.25, 0.3) is 0 Å². The Labute approximate surface area is 79.0 Å². The van der Waals surface area contributed by atoms with Gasteiger partial charge in [0.15, 0.2) is 0 Å². The highest BCUT2D eigenvalue weighted by atomic mass is 32.2. The number of hydrogen-bond acceptors (Lipinski definition) is 3. The van der Waals surface area contributed by atoms with Crippen LogP contribution in [0.2, 0.25) is 0 Å². The molecule has 0 radical (unpaired) electrons. The molecule has 1 aromatic heterocycles. The molecule has 13 heavy (non-hydrogen) atoms. The molecule has 0 aliphatic carbocycles. The predicted molar refractivity (Wildman–Crippen MR) is 51.4 cm³/mol. The van der Waals surface area contributed by atoms with Crippen LogP contribution in [0.4, 0.5) is 0 Å². The zero-order chi connectivity index (χ0) is 9.42. The summed E-state index contributed by atoms with van der Waals surface area (Å²) in [5, 5.41) is 0.858. The Bertz CT molecular complexity index is 446. The van der Waals surface area contributed by atoms with Crippen molar-refractivity contribution in [1.82, 2.24) is 9.55 Å². The molecule has 0 fully saturated rings. The van der Waals surface area contributed by atoms with Crippen LogP contribution in [0.1, 0.15) is 12.5 Å². The van der Waals surface area contributed by atoms with Crippen LogP contribution in [-0.4, -0.2) is 15.3 Å². The molecule has 1 aliphatic heterocycles. The van der Waals surface area contributed by atoms with E-state index in [1.165, 1.54) is 0 Å². The molecule has 0 bridgehead atoms. The van der Waals surface area contributed by atoms with Gasteiger partial charge in [0.05, 0.1) is 5.03 Å². The van der Waals surface area contributed by atoms with Crippen LogP contribution in [0.3, 0.4) is 0 Å². The molecule has 0 atom stereocenters. The normalized spacial score (nSPS) is 14.5. The van der Waals surface area contributed by atoms with E-state index in [2.05, 4.69) is 4.98 Å². The Morgan fingerprint density at radius 2 is 2.31 bits per heavy atom. The van der Waals surface area contributed by atoms with Crippen molar-refractivity contribution in [2.24, 2.45) is 0 Å².